The largest absolute Gasteiger partial charge is 0.379 e. The number of rotatable bonds is 8. The zero-order chi connectivity index (χ0) is 25.1. The highest BCUT2D eigenvalue weighted by Gasteiger charge is 2.27. The van der Waals surface area contributed by atoms with Crippen LogP contribution >= 0.6 is 0 Å². The molecule has 2 aliphatic rings. The fourth-order valence-corrected chi connectivity index (χ4v) is 6.53. The second kappa shape index (κ2) is 10.8. The number of aromatic nitrogens is 3. The minimum Gasteiger partial charge on any atom is -0.379 e. The van der Waals surface area contributed by atoms with Gasteiger partial charge < -0.3 is 20.4 Å². The Kier molecular flexibility index (Phi) is 7.57. The third kappa shape index (κ3) is 5.13. The highest BCUT2D eigenvalue weighted by atomic mass is 32.2. The zero-order valence-electron chi connectivity index (χ0n) is 20.9. The molecule has 1 saturated heterocycles. The average Bonchev–Trinajstić information content (AvgIpc) is 3.29. The maximum absolute atomic E-state index is 13.1. The van der Waals surface area contributed by atoms with Gasteiger partial charge in [-0.15, -0.1) is 0 Å². The summed E-state index contributed by atoms with van der Waals surface area (Å²) in [6, 6.07) is 7.77. The molecule has 194 valence electrons. The maximum Gasteiger partial charge on any atom is 0.243 e. The molecule has 0 bridgehead atoms. The fraction of sp³-hybridized carbons (Fsp3) is 0.538. The Labute approximate surface area is 213 Å². The van der Waals surface area contributed by atoms with E-state index in [-0.39, 0.29) is 6.04 Å². The van der Waals surface area contributed by atoms with Crippen LogP contribution in [0.25, 0.3) is 22.2 Å². The van der Waals surface area contributed by atoms with Crippen LogP contribution in [0, 0.1) is 0 Å². The molecule has 2 aromatic heterocycles. The van der Waals surface area contributed by atoms with Crippen LogP contribution in [0.5, 0.6) is 0 Å². The van der Waals surface area contributed by atoms with Gasteiger partial charge in [-0.2, -0.15) is 9.29 Å². The molecule has 3 heterocycles. The van der Waals surface area contributed by atoms with Crippen molar-refractivity contribution < 1.29 is 13.2 Å². The van der Waals surface area contributed by atoms with Gasteiger partial charge in [-0.3, -0.25) is 0 Å². The van der Waals surface area contributed by atoms with Crippen molar-refractivity contribution in [1.29, 1.82) is 0 Å². The molecular formula is C26H36N6O3S. The summed E-state index contributed by atoms with van der Waals surface area (Å²) in [6.07, 6.45) is 10.2. The lowest BCUT2D eigenvalue weighted by atomic mass is 9.92. The Hall–Kier alpha value is -2.53. The van der Waals surface area contributed by atoms with Crippen molar-refractivity contribution in [2.45, 2.75) is 62.4 Å². The monoisotopic (exact) mass is 512 g/mol. The van der Waals surface area contributed by atoms with E-state index in [1.807, 2.05) is 18.3 Å². The predicted molar refractivity (Wildman–Crippen MR) is 141 cm³/mol. The van der Waals surface area contributed by atoms with Crippen molar-refractivity contribution in [3.05, 3.63) is 36.7 Å². The SMILES string of the molecule is CCCCNc1ncc2c(-c3ccc(S(=O)(=O)N4CCOCC4)cc3)cn([C@H]3CC[C@H](N)CC3)c2n1. The summed E-state index contributed by atoms with van der Waals surface area (Å²) < 4.78 is 35.2. The van der Waals surface area contributed by atoms with Crippen molar-refractivity contribution in [1.82, 2.24) is 18.8 Å². The first-order chi connectivity index (χ1) is 17.5. The van der Waals surface area contributed by atoms with Crippen LogP contribution in [0.2, 0.25) is 0 Å². The van der Waals surface area contributed by atoms with Crippen LogP contribution in [-0.2, 0) is 14.8 Å². The number of sulfonamides is 1. The van der Waals surface area contributed by atoms with E-state index in [0.717, 1.165) is 67.2 Å². The first-order valence-electron chi connectivity index (χ1n) is 13.0. The maximum atomic E-state index is 13.1. The third-order valence-corrected chi connectivity index (χ3v) is 9.21. The van der Waals surface area contributed by atoms with Crippen LogP contribution in [0.3, 0.4) is 0 Å². The van der Waals surface area contributed by atoms with Gasteiger partial charge in [0.25, 0.3) is 0 Å². The molecule has 1 aliphatic carbocycles. The molecule has 5 rings (SSSR count). The minimum absolute atomic E-state index is 0.268. The molecule has 0 atom stereocenters. The van der Waals surface area contributed by atoms with Crippen LogP contribution in [0.1, 0.15) is 51.5 Å². The van der Waals surface area contributed by atoms with E-state index in [4.69, 9.17) is 15.5 Å². The van der Waals surface area contributed by atoms with Crippen molar-refractivity contribution in [2.75, 3.05) is 38.2 Å². The van der Waals surface area contributed by atoms with Crippen molar-refractivity contribution in [3.63, 3.8) is 0 Å². The lowest BCUT2D eigenvalue weighted by molar-refractivity contribution is 0.0730. The summed E-state index contributed by atoms with van der Waals surface area (Å²) in [7, 11) is -3.53. The molecule has 3 N–H and O–H groups in total. The Morgan fingerprint density at radius 2 is 1.83 bits per heavy atom. The van der Waals surface area contributed by atoms with Crippen LogP contribution < -0.4 is 11.1 Å². The van der Waals surface area contributed by atoms with Gasteiger partial charge in [0, 0.05) is 55.1 Å². The summed E-state index contributed by atoms with van der Waals surface area (Å²) >= 11 is 0. The molecule has 36 heavy (non-hydrogen) atoms. The number of morpholine rings is 1. The Balaban J connectivity index is 1.49. The van der Waals surface area contributed by atoms with E-state index in [1.165, 1.54) is 4.31 Å². The van der Waals surface area contributed by atoms with Gasteiger partial charge in [0.2, 0.25) is 16.0 Å². The molecule has 1 aliphatic heterocycles. The number of hydrogen-bond donors (Lipinski definition) is 2. The van der Waals surface area contributed by atoms with E-state index < -0.39 is 10.0 Å². The number of fused-ring (bicyclic) bond motifs is 1. The number of nitrogens with two attached hydrogens (primary N) is 1. The van der Waals surface area contributed by atoms with Crippen molar-refractivity contribution in [2.24, 2.45) is 5.73 Å². The molecule has 0 unspecified atom stereocenters. The molecule has 0 spiro atoms. The van der Waals surface area contributed by atoms with E-state index in [2.05, 4.69) is 28.0 Å². The van der Waals surface area contributed by atoms with E-state index in [9.17, 15) is 8.42 Å². The molecule has 3 aromatic rings. The van der Waals surface area contributed by atoms with Crippen LogP contribution in [0.15, 0.2) is 41.6 Å². The summed E-state index contributed by atoms with van der Waals surface area (Å²) in [6.45, 7) is 4.63. The highest BCUT2D eigenvalue weighted by molar-refractivity contribution is 7.89. The van der Waals surface area contributed by atoms with Gasteiger partial charge in [0.15, 0.2) is 0 Å². The van der Waals surface area contributed by atoms with Crippen molar-refractivity contribution >= 4 is 27.0 Å². The lowest BCUT2D eigenvalue weighted by Gasteiger charge is -2.27. The number of nitrogens with one attached hydrogen (secondary N) is 1. The normalized spacial score (nSPS) is 21.6. The summed E-state index contributed by atoms with van der Waals surface area (Å²) in [5.74, 6) is 0.640. The lowest BCUT2D eigenvalue weighted by Crippen LogP contribution is -2.40. The predicted octanol–water partition coefficient (Wildman–Crippen LogP) is 3.77. The molecule has 1 aromatic carbocycles. The molecule has 0 amide bonds. The Bertz CT molecular complexity index is 1280. The first-order valence-corrected chi connectivity index (χ1v) is 14.5. The number of benzene rings is 1. The van der Waals surface area contributed by atoms with Gasteiger partial charge in [-0.25, -0.2) is 13.4 Å². The van der Waals surface area contributed by atoms with Crippen LogP contribution in [-0.4, -0.2) is 66.1 Å². The fourth-order valence-electron chi connectivity index (χ4n) is 5.12. The second-order valence-corrected chi connectivity index (χ2v) is 11.7. The standard InChI is InChI=1S/C26H36N6O3S/c1-2-3-12-28-26-29-17-23-24(18-32(25(23)30-26)21-8-6-20(27)7-9-21)19-4-10-22(11-5-19)36(33,34)31-13-15-35-16-14-31/h4-5,10-11,17-18,20-21H,2-3,6-9,12-16,27H2,1H3,(H,28,29,30)/t20-,21-. The summed E-state index contributed by atoms with van der Waals surface area (Å²) in [4.78, 5) is 9.79. The first kappa shape index (κ1) is 25.1. The average molecular weight is 513 g/mol. The minimum atomic E-state index is -3.53. The highest BCUT2D eigenvalue weighted by Crippen LogP contribution is 2.36. The van der Waals surface area contributed by atoms with Gasteiger partial charge in [0.05, 0.1) is 18.1 Å². The van der Waals surface area contributed by atoms with Gasteiger partial charge >= 0.3 is 0 Å². The third-order valence-electron chi connectivity index (χ3n) is 7.29. The quantitative estimate of drug-likeness (QED) is 0.441. The molecular weight excluding hydrogens is 476 g/mol. The van der Waals surface area contributed by atoms with E-state index in [1.54, 1.807) is 12.1 Å². The van der Waals surface area contributed by atoms with Crippen LogP contribution in [0.4, 0.5) is 5.95 Å². The smallest absolute Gasteiger partial charge is 0.243 e. The van der Waals surface area contributed by atoms with Gasteiger partial charge in [0.1, 0.15) is 5.65 Å². The molecule has 0 radical (unpaired) electrons. The molecule has 1 saturated carbocycles. The zero-order valence-corrected chi connectivity index (χ0v) is 21.7. The number of nitrogens with zero attached hydrogens (tertiary/aromatic N) is 4. The number of hydrogen-bond acceptors (Lipinski definition) is 7. The van der Waals surface area contributed by atoms with E-state index in [0.29, 0.717) is 43.2 Å². The number of ether oxygens (including phenoxy) is 1. The summed E-state index contributed by atoms with van der Waals surface area (Å²) in [5, 5.41) is 4.31. The number of unbranched alkanes of at least 4 members (excludes halogenated alkanes) is 1. The van der Waals surface area contributed by atoms with E-state index >= 15 is 0 Å². The van der Waals surface area contributed by atoms with Gasteiger partial charge in [-0.1, -0.05) is 25.5 Å². The summed E-state index contributed by atoms with van der Waals surface area (Å²) in [5.41, 5.74) is 9.04. The topological polar surface area (TPSA) is 115 Å². The molecule has 10 heteroatoms. The second-order valence-electron chi connectivity index (χ2n) is 9.77. The number of anilines is 1. The van der Waals surface area contributed by atoms with Gasteiger partial charge in [-0.05, 0) is 49.8 Å². The van der Waals surface area contributed by atoms with Crippen molar-refractivity contribution in [3.8, 4) is 11.1 Å². The Morgan fingerprint density at radius 1 is 1.11 bits per heavy atom. The Morgan fingerprint density at radius 3 is 2.53 bits per heavy atom. The molecule has 2 fully saturated rings. The molecule has 9 nitrogen and oxygen atoms in total.